The van der Waals surface area contributed by atoms with Gasteiger partial charge in [0, 0.05) is 12.1 Å². The average Bonchev–Trinajstić information content (AvgIpc) is 2.61. The van der Waals surface area contributed by atoms with Gasteiger partial charge in [0.1, 0.15) is 11.6 Å². The van der Waals surface area contributed by atoms with Crippen molar-refractivity contribution in [1.29, 1.82) is 0 Å². The van der Waals surface area contributed by atoms with Gasteiger partial charge in [0.25, 0.3) is 5.91 Å². The average molecular weight is 366 g/mol. The summed E-state index contributed by atoms with van der Waals surface area (Å²) >= 11 is 0. The summed E-state index contributed by atoms with van der Waals surface area (Å²) in [6.07, 6.45) is 4.07. The number of methoxy groups -OCH3 is 1. The van der Waals surface area contributed by atoms with Gasteiger partial charge in [0.15, 0.2) is 6.61 Å². The molecule has 2 unspecified atom stereocenters. The first-order valence-corrected chi connectivity index (χ1v) is 8.51. The van der Waals surface area contributed by atoms with E-state index in [2.05, 4.69) is 17.6 Å². The number of benzene rings is 1. The maximum Gasteiger partial charge on any atom is 0.341 e. The van der Waals surface area contributed by atoms with Crippen molar-refractivity contribution in [3.63, 3.8) is 0 Å². The van der Waals surface area contributed by atoms with Gasteiger partial charge in [-0.25, -0.2) is 14.0 Å². The number of ether oxygens (including phenoxy) is 2. The van der Waals surface area contributed by atoms with Crippen molar-refractivity contribution >= 4 is 17.9 Å². The van der Waals surface area contributed by atoms with Crippen LogP contribution in [0.4, 0.5) is 9.18 Å². The van der Waals surface area contributed by atoms with E-state index in [1.54, 1.807) is 0 Å². The van der Waals surface area contributed by atoms with E-state index < -0.39 is 30.3 Å². The predicted molar refractivity (Wildman–Crippen MR) is 91.3 cm³/mol. The molecule has 1 aliphatic rings. The van der Waals surface area contributed by atoms with E-state index in [-0.39, 0.29) is 17.4 Å². The Labute approximate surface area is 151 Å². The van der Waals surface area contributed by atoms with E-state index in [4.69, 9.17) is 9.47 Å². The lowest BCUT2D eigenvalue weighted by Gasteiger charge is -2.29. The zero-order valence-electron chi connectivity index (χ0n) is 14.8. The largest absolute Gasteiger partial charge is 0.497 e. The summed E-state index contributed by atoms with van der Waals surface area (Å²) in [4.78, 5) is 35.4. The molecular formula is C18H23FN2O5. The second-order valence-corrected chi connectivity index (χ2v) is 6.31. The van der Waals surface area contributed by atoms with Crippen molar-refractivity contribution in [1.82, 2.24) is 10.6 Å². The van der Waals surface area contributed by atoms with Gasteiger partial charge in [0.05, 0.1) is 12.7 Å². The summed E-state index contributed by atoms with van der Waals surface area (Å²) < 4.78 is 23.4. The van der Waals surface area contributed by atoms with Crippen LogP contribution in [0.5, 0.6) is 5.75 Å². The van der Waals surface area contributed by atoms with Crippen molar-refractivity contribution in [2.45, 2.75) is 38.6 Å². The third kappa shape index (κ3) is 5.44. The standard InChI is InChI=1S/C18H23FN2O5/c1-11-5-3-4-6-15(11)20-18(24)21-16(22)10-26-17(23)13-8-7-12(25-2)9-14(13)19/h7-9,11,15H,3-6,10H2,1-2H3,(H2,20,21,22,24). The molecule has 2 N–H and O–H groups in total. The SMILES string of the molecule is COc1ccc(C(=O)OCC(=O)NC(=O)NC2CCCCC2C)c(F)c1. The van der Waals surface area contributed by atoms with E-state index in [9.17, 15) is 18.8 Å². The zero-order valence-corrected chi connectivity index (χ0v) is 14.8. The van der Waals surface area contributed by atoms with Gasteiger partial charge in [-0.05, 0) is 30.9 Å². The topological polar surface area (TPSA) is 93.7 Å². The van der Waals surface area contributed by atoms with Crippen LogP contribution in [0.25, 0.3) is 0 Å². The Kier molecular flexibility index (Phi) is 6.94. The summed E-state index contributed by atoms with van der Waals surface area (Å²) in [7, 11) is 1.37. The van der Waals surface area contributed by atoms with Crippen molar-refractivity contribution in [3.8, 4) is 5.75 Å². The van der Waals surface area contributed by atoms with Gasteiger partial charge in [-0.3, -0.25) is 10.1 Å². The molecule has 1 aliphatic carbocycles. The highest BCUT2D eigenvalue weighted by atomic mass is 19.1. The van der Waals surface area contributed by atoms with E-state index in [0.717, 1.165) is 31.7 Å². The first-order valence-electron chi connectivity index (χ1n) is 8.51. The quantitative estimate of drug-likeness (QED) is 0.781. The van der Waals surface area contributed by atoms with Crippen molar-refractivity contribution in [2.75, 3.05) is 13.7 Å². The minimum Gasteiger partial charge on any atom is -0.497 e. The van der Waals surface area contributed by atoms with Gasteiger partial charge < -0.3 is 14.8 Å². The van der Waals surface area contributed by atoms with E-state index in [1.165, 1.54) is 19.2 Å². The molecule has 0 spiro atoms. The second kappa shape index (κ2) is 9.17. The van der Waals surface area contributed by atoms with Crippen LogP contribution >= 0.6 is 0 Å². The van der Waals surface area contributed by atoms with Crippen molar-refractivity contribution < 1.29 is 28.2 Å². The van der Waals surface area contributed by atoms with E-state index in [1.807, 2.05) is 0 Å². The van der Waals surface area contributed by atoms with Gasteiger partial charge in [-0.1, -0.05) is 19.8 Å². The Hall–Kier alpha value is -2.64. The molecular weight excluding hydrogens is 343 g/mol. The van der Waals surface area contributed by atoms with Crippen LogP contribution in [0.3, 0.4) is 0 Å². The number of hydrogen-bond donors (Lipinski definition) is 2. The molecule has 2 rings (SSSR count). The molecule has 7 nitrogen and oxygen atoms in total. The second-order valence-electron chi connectivity index (χ2n) is 6.31. The number of imide groups is 1. The minimum absolute atomic E-state index is 0.0208. The first-order chi connectivity index (χ1) is 12.4. The highest BCUT2D eigenvalue weighted by molar-refractivity contribution is 5.97. The Balaban J connectivity index is 1.79. The summed E-state index contributed by atoms with van der Waals surface area (Å²) in [5.41, 5.74) is -0.320. The molecule has 0 heterocycles. The molecule has 26 heavy (non-hydrogen) atoms. The first kappa shape index (κ1) is 19.7. The van der Waals surface area contributed by atoms with Crippen LogP contribution in [-0.4, -0.2) is 37.7 Å². The molecule has 142 valence electrons. The van der Waals surface area contributed by atoms with Gasteiger partial charge >= 0.3 is 12.0 Å². The van der Waals surface area contributed by atoms with Gasteiger partial charge in [0.2, 0.25) is 0 Å². The van der Waals surface area contributed by atoms with E-state index >= 15 is 0 Å². The maximum absolute atomic E-state index is 13.8. The number of halogens is 1. The Morgan fingerprint density at radius 1 is 1.23 bits per heavy atom. The lowest BCUT2D eigenvalue weighted by molar-refractivity contribution is -0.123. The highest BCUT2D eigenvalue weighted by Gasteiger charge is 2.23. The third-order valence-electron chi connectivity index (χ3n) is 4.41. The summed E-state index contributed by atoms with van der Waals surface area (Å²) in [6, 6.07) is 3.03. The highest BCUT2D eigenvalue weighted by Crippen LogP contribution is 2.23. The van der Waals surface area contributed by atoms with Crippen LogP contribution in [0.1, 0.15) is 43.0 Å². The van der Waals surface area contributed by atoms with Crippen LogP contribution in [0.2, 0.25) is 0 Å². The molecule has 1 aromatic carbocycles. The fourth-order valence-corrected chi connectivity index (χ4v) is 2.90. The third-order valence-corrected chi connectivity index (χ3v) is 4.41. The molecule has 0 aliphatic heterocycles. The van der Waals surface area contributed by atoms with Crippen LogP contribution in [-0.2, 0) is 9.53 Å². The van der Waals surface area contributed by atoms with Crippen molar-refractivity contribution in [3.05, 3.63) is 29.6 Å². The Morgan fingerprint density at radius 3 is 2.62 bits per heavy atom. The van der Waals surface area contributed by atoms with Gasteiger partial charge in [-0.15, -0.1) is 0 Å². The number of urea groups is 1. The molecule has 3 amide bonds. The van der Waals surface area contributed by atoms with Crippen LogP contribution in [0, 0.1) is 11.7 Å². The summed E-state index contributed by atoms with van der Waals surface area (Å²) in [5.74, 6) is -2.00. The molecule has 1 fully saturated rings. The Morgan fingerprint density at radius 2 is 1.96 bits per heavy atom. The minimum atomic E-state index is -0.999. The number of amides is 3. The number of carbonyl (C=O) groups excluding carboxylic acids is 3. The van der Waals surface area contributed by atoms with Crippen LogP contribution in [0.15, 0.2) is 18.2 Å². The lowest BCUT2D eigenvalue weighted by atomic mass is 9.86. The number of carbonyl (C=O) groups is 3. The maximum atomic E-state index is 13.8. The molecule has 0 bridgehead atoms. The fourth-order valence-electron chi connectivity index (χ4n) is 2.90. The summed E-state index contributed by atoms with van der Waals surface area (Å²) in [6.45, 7) is 1.37. The molecule has 2 atom stereocenters. The number of rotatable bonds is 5. The molecule has 0 radical (unpaired) electrons. The number of hydrogen-bond acceptors (Lipinski definition) is 5. The van der Waals surface area contributed by atoms with Crippen molar-refractivity contribution in [2.24, 2.45) is 5.92 Å². The predicted octanol–water partition coefficient (Wildman–Crippen LogP) is 2.40. The molecule has 0 saturated heterocycles. The fraction of sp³-hybridized carbons (Fsp3) is 0.500. The summed E-state index contributed by atoms with van der Waals surface area (Å²) in [5, 5.41) is 4.86. The smallest absolute Gasteiger partial charge is 0.341 e. The number of esters is 1. The molecule has 1 saturated carbocycles. The Bertz CT molecular complexity index is 680. The number of nitrogens with one attached hydrogen (secondary N) is 2. The zero-order chi connectivity index (χ0) is 19.1. The monoisotopic (exact) mass is 366 g/mol. The molecule has 0 aromatic heterocycles. The molecule has 8 heteroatoms. The normalized spacial score (nSPS) is 19.3. The van der Waals surface area contributed by atoms with Gasteiger partial charge in [-0.2, -0.15) is 0 Å². The lowest BCUT2D eigenvalue weighted by Crippen LogP contribution is -2.48. The van der Waals surface area contributed by atoms with E-state index in [0.29, 0.717) is 5.92 Å². The molecule has 1 aromatic rings. The van der Waals surface area contributed by atoms with Crippen LogP contribution < -0.4 is 15.4 Å².